The first-order valence-electron chi connectivity index (χ1n) is 17.5. The van der Waals surface area contributed by atoms with Crippen LogP contribution in [0.4, 0.5) is 15.3 Å². The van der Waals surface area contributed by atoms with Gasteiger partial charge in [-0.1, -0.05) is 24.3 Å². The summed E-state index contributed by atoms with van der Waals surface area (Å²) >= 11 is 0. The van der Waals surface area contributed by atoms with Crippen LogP contribution in [0, 0.1) is 6.92 Å². The van der Waals surface area contributed by atoms with Crippen LogP contribution in [-0.2, 0) is 22.4 Å². The van der Waals surface area contributed by atoms with Gasteiger partial charge >= 0.3 is 12.1 Å². The van der Waals surface area contributed by atoms with Crippen LogP contribution in [0.2, 0.25) is 0 Å². The van der Waals surface area contributed by atoms with E-state index >= 15 is 0 Å². The second-order valence-corrected chi connectivity index (χ2v) is 13.5. The third-order valence-corrected chi connectivity index (χ3v) is 10.5. The number of nitrogens with zero attached hydrogens (tertiary/aromatic N) is 6. The monoisotopic (exact) mass is 654 g/mol. The highest BCUT2D eigenvalue weighted by Gasteiger charge is 2.36. The fourth-order valence-corrected chi connectivity index (χ4v) is 7.83. The normalized spacial score (nSPS) is 20.6. The number of hydrogen-bond donors (Lipinski definition) is 2. The minimum absolute atomic E-state index is 0.0273. The van der Waals surface area contributed by atoms with E-state index in [1.807, 2.05) is 47.1 Å². The minimum Gasteiger partial charge on any atom is -0.436 e. The van der Waals surface area contributed by atoms with Gasteiger partial charge in [-0.2, -0.15) is 0 Å². The summed E-state index contributed by atoms with van der Waals surface area (Å²) in [7, 11) is 0. The Morgan fingerprint density at radius 1 is 0.896 bits per heavy atom. The van der Waals surface area contributed by atoms with E-state index in [1.165, 1.54) is 0 Å². The summed E-state index contributed by atoms with van der Waals surface area (Å²) in [5.74, 6) is -0.144. The molecule has 0 saturated carbocycles. The fourth-order valence-electron chi connectivity index (χ4n) is 7.83. The van der Waals surface area contributed by atoms with E-state index in [0.717, 1.165) is 78.9 Å². The summed E-state index contributed by atoms with van der Waals surface area (Å²) in [6, 6.07) is 12.3. The van der Waals surface area contributed by atoms with Crippen LogP contribution in [0.25, 0.3) is 11.0 Å². The van der Waals surface area contributed by atoms with Gasteiger partial charge in [0.25, 0.3) is 5.91 Å². The fraction of sp³-hybridized carbons (Fsp3) is 0.528. The van der Waals surface area contributed by atoms with Gasteiger partial charge in [0.2, 0.25) is 0 Å². The number of aromatic nitrogens is 2. The number of ether oxygens (including phenoxy) is 1. The molecule has 4 aliphatic heterocycles. The van der Waals surface area contributed by atoms with E-state index in [9.17, 15) is 14.4 Å². The predicted molar refractivity (Wildman–Crippen MR) is 183 cm³/mol. The lowest BCUT2D eigenvalue weighted by Gasteiger charge is -2.41. The molecule has 48 heavy (non-hydrogen) atoms. The maximum Gasteiger partial charge on any atom is 0.410 e. The summed E-state index contributed by atoms with van der Waals surface area (Å²) in [4.78, 5) is 57.8. The third kappa shape index (κ3) is 7.09. The van der Waals surface area contributed by atoms with Crippen LogP contribution in [-0.4, -0.2) is 125 Å². The Labute approximate surface area is 281 Å². The van der Waals surface area contributed by atoms with Crippen LogP contribution >= 0.6 is 0 Å². The van der Waals surface area contributed by atoms with Gasteiger partial charge in [0, 0.05) is 95.5 Å². The maximum absolute atomic E-state index is 14.1. The quantitative estimate of drug-likeness (QED) is 0.415. The number of piperidine rings is 2. The van der Waals surface area contributed by atoms with E-state index in [1.54, 1.807) is 17.3 Å². The molecule has 0 unspecified atom stereocenters. The number of amides is 4. The Morgan fingerprint density at radius 3 is 2.40 bits per heavy atom. The third-order valence-electron chi connectivity index (χ3n) is 10.5. The van der Waals surface area contributed by atoms with Crippen molar-refractivity contribution in [2.75, 3.05) is 64.2 Å². The average Bonchev–Trinajstić information content (AvgIpc) is 3.29. The number of piperazine rings is 1. The Balaban J connectivity index is 1.01. The highest BCUT2D eigenvalue weighted by molar-refractivity contribution is 5.91. The number of carbonyl (C=O) groups is 3. The molecular weight excluding hydrogens is 608 g/mol. The number of para-hydroxylation sites is 1. The molecule has 4 amide bonds. The molecular formula is C36H46N8O4. The summed E-state index contributed by atoms with van der Waals surface area (Å²) in [6.45, 7) is 8.92. The molecule has 12 nitrogen and oxygen atoms in total. The smallest absolute Gasteiger partial charge is 0.410 e. The predicted octanol–water partition coefficient (Wildman–Crippen LogP) is 3.44. The molecule has 1 atom stereocenters. The largest absolute Gasteiger partial charge is 0.436 e. The Morgan fingerprint density at radius 2 is 1.60 bits per heavy atom. The van der Waals surface area contributed by atoms with E-state index in [4.69, 9.17) is 4.74 Å². The van der Waals surface area contributed by atoms with Gasteiger partial charge in [0.15, 0.2) is 6.10 Å². The zero-order chi connectivity index (χ0) is 33.0. The van der Waals surface area contributed by atoms with E-state index in [-0.39, 0.29) is 24.4 Å². The lowest BCUT2D eigenvalue weighted by molar-refractivity contribution is -0.142. The minimum atomic E-state index is -0.950. The van der Waals surface area contributed by atoms with Crippen LogP contribution in [0.15, 0.2) is 48.8 Å². The van der Waals surface area contributed by atoms with Gasteiger partial charge in [0.05, 0.1) is 11.0 Å². The van der Waals surface area contributed by atoms with Gasteiger partial charge in [0.1, 0.15) is 0 Å². The average molecular weight is 655 g/mol. The number of nitrogens with one attached hydrogen (secondary N) is 2. The van der Waals surface area contributed by atoms with Gasteiger partial charge in [-0.25, -0.2) is 9.59 Å². The number of fused-ring (bicyclic) bond motifs is 2. The van der Waals surface area contributed by atoms with Crippen molar-refractivity contribution in [3.05, 3.63) is 65.5 Å². The topological polar surface area (TPSA) is 123 Å². The summed E-state index contributed by atoms with van der Waals surface area (Å²) < 4.78 is 6.12. The molecule has 5 heterocycles. The first-order chi connectivity index (χ1) is 23.4. The molecule has 0 spiro atoms. The molecule has 2 N–H and O–H groups in total. The molecule has 1 aromatic heterocycles. The number of carbonyl (C=O) groups excluding carboxylic acids is 3. The van der Waals surface area contributed by atoms with Crippen molar-refractivity contribution in [1.29, 1.82) is 0 Å². The number of aryl methyl sites for hydroxylation is 1. The summed E-state index contributed by atoms with van der Waals surface area (Å²) in [6.07, 6.45) is 6.09. The molecule has 3 fully saturated rings. The van der Waals surface area contributed by atoms with Gasteiger partial charge in [-0.3, -0.25) is 19.7 Å². The molecule has 0 bridgehead atoms. The second kappa shape index (κ2) is 14.4. The van der Waals surface area contributed by atoms with E-state index in [0.29, 0.717) is 51.6 Å². The summed E-state index contributed by atoms with van der Waals surface area (Å²) in [5, 5.41) is 6.48. The van der Waals surface area contributed by atoms with Crippen molar-refractivity contribution in [2.45, 2.75) is 63.6 Å². The molecule has 3 saturated heterocycles. The zero-order valence-electron chi connectivity index (χ0n) is 27.8. The van der Waals surface area contributed by atoms with Crippen molar-refractivity contribution in [2.24, 2.45) is 0 Å². The molecule has 2 aromatic carbocycles. The van der Waals surface area contributed by atoms with Crippen molar-refractivity contribution in [3.63, 3.8) is 0 Å². The zero-order valence-corrected chi connectivity index (χ0v) is 27.8. The highest BCUT2D eigenvalue weighted by atomic mass is 16.6. The molecule has 3 aromatic rings. The number of urea groups is 1. The first-order valence-corrected chi connectivity index (χ1v) is 17.5. The van der Waals surface area contributed by atoms with Crippen molar-refractivity contribution >= 4 is 34.8 Å². The van der Waals surface area contributed by atoms with Gasteiger partial charge in [-0.15, -0.1) is 0 Å². The maximum atomic E-state index is 14.1. The molecule has 0 radical (unpaired) electrons. The lowest BCUT2D eigenvalue weighted by atomic mass is 9.99. The van der Waals surface area contributed by atoms with Crippen molar-refractivity contribution in [3.8, 4) is 0 Å². The Bertz CT molecular complexity index is 1630. The highest BCUT2D eigenvalue weighted by Crippen LogP contribution is 2.26. The number of benzene rings is 2. The van der Waals surface area contributed by atoms with Crippen LogP contribution in [0.3, 0.4) is 0 Å². The number of anilines is 1. The standard InChI is InChI=1S/C36H46N8O4/c1-25-22-26(23-31-33(25)39-12-11-38-31)24-32(34(45)42-15-7-28(8-16-42)41-20-13-37-14-21-41)48-36(47)43-17-9-29(10-18-43)44-19-6-27-4-2-3-5-30(27)40-35(44)46/h2-5,11-12,22-23,28-29,32,37H,6-10,13-21,24H2,1H3,(H,40,46)/t32-/m1/s1. The van der Waals surface area contributed by atoms with E-state index < -0.39 is 12.2 Å². The lowest BCUT2D eigenvalue weighted by Crippen LogP contribution is -2.54. The number of hydrogen-bond acceptors (Lipinski definition) is 8. The van der Waals surface area contributed by atoms with Crippen molar-refractivity contribution < 1.29 is 19.1 Å². The van der Waals surface area contributed by atoms with Gasteiger partial charge < -0.3 is 30.1 Å². The second-order valence-electron chi connectivity index (χ2n) is 13.5. The van der Waals surface area contributed by atoms with Crippen LogP contribution < -0.4 is 10.6 Å². The molecule has 0 aliphatic carbocycles. The molecule has 254 valence electrons. The van der Waals surface area contributed by atoms with Crippen molar-refractivity contribution in [1.82, 2.24) is 34.9 Å². The SMILES string of the molecule is Cc1cc(C[C@@H](OC(=O)N2CCC(N3CCc4ccccc4NC3=O)CC2)C(=O)N2CCC(N3CCNCC3)CC2)cc2nccnc12. The Kier molecular flexibility index (Phi) is 9.71. The van der Waals surface area contributed by atoms with Gasteiger partial charge in [-0.05, 0) is 67.9 Å². The number of likely N-dealkylation sites (tertiary alicyclic amines) is 2. The van der Waals surface area contributed by atoms with Crippen LogP contribution in [0.1, 0.15) is 42.4 Å². The first kappa shape index (κ1) is 32.3. The molecule has 12 heteroatoms. The Hall–Kier alpha value is -4.29. The van der Waals surface area contributed by atoms with E-state index in [2.05, 4.69) is 31.6 Å². The molecule has 7 rings (SSSR count). The summed E-state index contributed by atoms with van der Waals surface area (Å²) in [5.41, 5.74) is 5.42. The van der Waals surface area contributed by atoms with Crippen LogP contribution in [0.5, 0.6) is 0 Å². The number of rotatable bonds is 6. The molecule has 4 aliphatic rings.